The molecule has 154 valence electrons. The van der Waals surface area contributed by atoms with Gasteiger partial charge in [0.1, 0.15) is 5.75 Å². The van der Waals surface area contributed by atoms with Crippen LogP contribution in [0.15, 0.2) is 33.2 Å². The van der Waals surface area contributed by atoms with E-state index >= 15 is 0 Å². The maximum Gasteiger partial charge on any atom is 0.193 e. The van der Waals surface area contributed by atoms with Crippen molar-refractivity contribution in [3.8, 4) is 5.75 Å². The quantitative estimate of drug-likeness (QED) is 0.262. The Hall–Kier alpha value is -0.103. The molecule has 2 nitrogen and oxygen atoms in total. The highest BCUT2D eigenvalue weighted by Crippen LogP contribution is 2.43. The van der Waals surface area contributed by atoms with Gasteiger partial charge in [-0.1, -0.05) is 40.7 Å². The van der Waals surface area contributed by atoms with E-state index in [9.17, 15) is 5.11 Å². The minimum absolute atomic E-state index is 0.157. The number of unbranched alkanes of at least 4 members (excludes halogenated alkanes) is 1. The summed E-state index contributed by atoms with van der Waals surface area (Å²) in [7, 11) is -1.93. The fourth-order valence-corrected chi connectivity index (χ4v) is 5.78. The summed E-state index contributed by atoms with van der Waals surface area (Å²) in [5, 5.41) is 10.1. The summed E-state index contributed by atoms with van der Waals surface area (Å²) in [5.74, 6) is 0.242. The maximum absolute atomic E-state index is 9.96. The summed E-state index contributed by atoms with van der Waals surface area (Å²) in [6.07, 6.45) is 5.06. The minimum atomic E-state index is -1.93. The Balaban J connectivity index is 3.09. The molecule has 1 atom stereocenters. The maximum atomic E-state index is 9.96. The van der Waals surface area contributed by atoms with Crippen LogP contribution in [-0.4, -0.2) is 19.0 Å². The molecule has 0 bridgehead atoms. The second-order valence-corrected chi connectivity index (χ2v) is 15.6. The van der Waals surface area contributed by atoms with Gasteiger partial charge in [-0.3, -0.25) is 0 Å². The molecule has 0 fully saturated rings. The van der Waals surface area contributed by atoms with Gasteiger partial charge in [0, 0.05) is 0 Å². The number of hydrogen-bond donors (Lipinski definition) is 1. The van der Waals surface area contributed by atoms with E-state index in [1.165, 1.54) is 11.1 Å². The fourth-order valence-electron chi connectivity index (χ4n) is 2.82. The van der Waals surface area contributed by atoms with Crippen LogP contribution < -0.4 is 0 Å². The molecule has 1 aromatic rings. The second kappa shape index (κ2) is 9.60. The molecule has 0 aromatic heterocycles. The lowest BCUT2D eigenvalue weighted by atomic mass is 9.87. The molecule has 5 heteroatoms. The Bertz CT molecular complexity index is 642. The molecule has 0 aliphatic rings. The van der Waals surface area contributed by atoms with Gasteiger partial charge in [0.05, 0.1) is 14.5 Å². The molecule has 1 unspecified atom stereocenters. The number of hydrogen-bond acceptors (Lipinski definition) is 2. The Morgan fingerprint density at radius 2 is 1.67 bits per heavy atom. The summed E-state index contributed by atoms with van der Waals surface area (Å²) >= 11 is 6.87. The molecule has 1 aromatic carbocycles. The van der Waals surface area contributed by atoms with Crippen molar-refractivity contribution < 1.29 is 9.53 Å². The molecule has 0 saturated carbocycles. The first-order valence-electron chi connectivity index (χ1n) is 9.79. The lowest BCUT2D eigenvalue weighted by Crippen LogP contribution is -2.49. The van der Waals surface area contributed by atoms with Gasteiger partial charge in [-0.05, 0) is 106 Å². The van der Waals surface area contributed by atoms with Crippen molar-refractivity contribution in [1.29, 1.82) is 0 Å². The van der Waals surface area contributed by atoms with Crippen LogP contribution in [-0.2, 0) is 10.8 Å². The van der Waals surface area contributed by atoms with E-state index in [1.807, 2.05) is 12.1 Å². The van der Waals surface area contributed by atoms with Crippen molar-refractivity contribution in [2.45, 2.75) is 90.5 Å². The van der Waals surface area contributed by atoms with Crippen LogP contribution >= 0.6 is 31.9 Å². The number of rotatable bonds is 9. The molecule has 0 spiro atoms. The monoisotopic (exact) mass is 518 g/mol. The van der Waals surface area contributed by atoms with Crippen molar-refractivity contribution >= 4 is 40.2 Å². The van der Waals surface area contributed by atoms with Gasteiger partial charge < -0.3 is 9.53 Å². The van der Waals surface area contributed by atoms with E-state index in [1.54, 1.807) is 0 Å². The summed E-state index contributed by atoms with van der Waals surface area (Å²) in [6.45, 7) is 20.3. The zero-order valence-corrected chi connectivity index (χ0v) is 22.2. The van der Waals surface area contributed by atoms with E-state index in [-0.39, 0.29) is 16.4 Å². The average molecular weight is 520 g/mol. The summed E-state index contributed by atoms with van der Waals surface area (Å²) in [5.41, 5.74) is 2.03. The van der Waals surface area contributed by atoms with Crippen molar-refractivity contribution in [2.24, 2.45) is 0 Å². The molecule has 0 radical (unpaired) electrons. The molecule has 0 aliphatic carbocycles. The first-order chi connectivity index (χ1) is 12.2. The van der Waals surface area contributed by atoms with Crippen molar-refractivity contribution in [3.05, 3.63) is 38.8 Å². The van der Waals surface area contributed by atoms with Crippen LogP contribution in [0, 0.1) is 0 Å². The average Bonchev–Trinajstić information content (AvgIpc) is 2.54. The zero-order chi connectivity index (χ0) is 21.0. The van der Waals surface area contributed by atoms with Gasteiger partial charge in [0.2, 0.25) is 0 Å². The number of aromatic hydroxyl groups is 1. The minimum Gasteiger partial charge on any atom is -0.506 e. The largest absolute Gasteiger partial charge is 0.506 e. The van der Waals surface area contributed by atoms with E-state index < -0.39 is 8.32 Å². The third-order valence-electron chi connectivity index (χ3n) is 5.83. The molecule has 0 amide bonds. The number of aryl methyl sites for hydroxylation is 1. The van der Waals surface area contributed by atoms with Crippen LogP contribution in [0.2, 0.25) is 18.1 Å². The molecule has 1 rings (SSSR count). The van der Waals surface area contributed by atoms with Gasteiger partial charge >= 0.3 is 0 Å². The topological polar surface area (TPSA) is 29.5 Å². The molecular formula is C22H36Br2O2Si. The predicted octanol–water partition coefficient (Wildman–Crippen LogP) is 8.38. The van der Waals surface area contributed by atoms with Crippen LogP contribution in [0.4, 0.5) is 0 Å². The number of halogens is 2. The van der Waals surface area contributed by atoms with Crippen LogP contribution in [0.3, 0.4) is 0 Å². The normalized spacial score (nSPS) is 14.9. The Morgan fingerprint density at radius 3 is 2.11 bits per heavy atom. The standard InChI is InChI=1S/C22H36Br2O2Si/c1-9-10-11-16(2)22(6,26-27(7,8)21(3,4)5)13-12-17-14-18(23)20(25)19(24)15-17/h14-15,25H,2,9-13H2,1,3-8H3. The number of benzene rings is 1. The molecule has 1 N–H and O–H groups in total. The zero-order valence-electron chi connectivity index (χ0n) is 18.0. The van der Waals surface area contributed by atoms with Crippen LogP contribution in [0.5, 0.6) is 5.75 Å². The molecule has 0 aliphatic heterocycles. The first kappa shape index (κ1) is 24.9. The van der Waals surface area contributed by atoms with Gasteiger partial charge in [-0.15, -0.1) is 0 Å². The van der Waals surface area contributed by atoms with Gasteiger partial charge in [0.15, 0.2) is 8.32 Å². The van der Waals surface area contributed by atoms with Gasteiger partial charge in [0.25, 0.3) is 0 Å². The van der Waals surface area contributed by atoms with E-state index in [2.05, 4.69) is 86.2 Å². The van der Waals surface area contributed by atoms with Gasteiger partial charge in [-0.25, -0.2) is 0 Å². The van der Waals surface area contributed by atoms with Crippen LogP contribution in [0.25, 0.3) is 0 Å². The first-order valence-corrected chi connectivity index (χ1v) is 14.3. The fraction of sp³-hybridized carbons (Fsp3) is 0.636. The van der Waals surface area contributed by atoms with Crippen molar-refractivity contribution in [2.75, 3.05) is 0 Å². The molecular weight excluding hydrogens is 484 g/mol. The lowest BCUT2D eigenvalue weighted by Gasteiger charge is -2.45. The molecule has 0 heterocycles. The third kappa shape index (κ3) is 6.72. The SMILES string of the molecule is C=C(CCCC)C(C)(CCc1cc(Br)c(O)c(Br)c1)O[Si](C)(C)C(C)(C)C. The Morgan fingerprint density at radius 1 is 1.15 bits per heavy atom. The van der Waals surface area contributed by atoms with Crippen molar-refractivity contribution in [1.82, 2.24) is 0 Å². The van der Waals surface area contributed by atoms with E-state index in [0.717, 1.165) is 32.1 Å². The summed E-state index contributed by atoms with van der Waals surface area (Å²) in [6, 6.07) is 3.98. The highest BCUT2D eigenvalue weighted by Gasteiger charge is 2.43. The highest BCUT2D eigenvalue weighted by molar-refractivity contribution is 9.11. The van der Waals surface area contributed by atoms with E-state index in [4.69, 9.17) is 4.43 Å². The summed E-state index contributed by atoms with van der Waals surface area (Å²) in [4.78, 5) is 0. The highest BCUT2D eigenvalue weighted by atomic mass is 79.9. The number of phenols is 1. The van der Waals surface area contributed by atoms with Crippen LogP contribution in [0.1, 0.15) is 65.9 Å². The molecule has 0 saturated heterocycles. The lowest BCUT2D eigenvalue weighted by molar-refractivity contribution is 0.0964. The number of phenolic OH excluding ortho intramolecular Hbond substituents is 1. The third-order valence-corrected chi connectivity index (χ3v) is 11.6. The second-order valence-electron chi connectivity index (χ2n) is 9.21. The van der Waals surface area contributed by atoms with Gasteiger partial charge in [-0.2, -0.15) is 0 Å². The Kier molecular flexibility index (Phi) is 8.86. The van der Waals surface area contributed by atoms with Crippen molar-refractivity contribution in [3.63, 3.8) is 0 Å². The smallest absolute Gasteiger partial charge is 0.193 e. The van der Waals surface area contributed by atoms with E-state index in [0.29, 0.717) is 8.95 Å². The Labute approximate surface area is 184 Å². The molecule has 27 heavy (non-hydrogen) atoms. The predicted molar refractivity (Wildman–Crippen MR) is 127 cm³/mol. The summed E-state index contributed by atoms with van der Waals surface area (Å²) < 4.78 is 8.34.